The number of amidine groups is 1. The number of thioether (sulfide) groups is 1. The van der Waals surface area contributed by atoms with Crippen LogP contribution in [0.25, 0.3) is 6.08 Å². The lowest BCUT2D eigenvalue weighted by Gasteiger charge is -2.14. The molecular weight excluding hydrogens is 463 g/mol. The molecule has 1 fully saturated rings. The smallest absolute Gasteiger partial charge is 0.266 e. The van der Waals surface area contributed by atoms with Gasteiger partial charge in [0.05, 0.1) is 17.2 Å². The van der Waals surface area contributed by atoms with Gasteiger partial charge in [0.2, 0.25) is 0 Å². The minimum Gasteiger partial charge on any atom is -0.490 e. The van der Waals surface area contributed by atoms with E-state index in [1.807, 2.05) is 68.5 Å². The van der Waals surface area contributed by atoms with Gasteiger partial charge in [0.1, 0.15) is 12.4 Å². The first-order valence-corrected chi connectivity index (χ1v) is 12.4. The van der Waals surface area contributed by atoms with Gasteiger partial charge in [-0.15, -0.1) is 0 Å². The summed E-state index contributed by atoms with van der Waals surface area (Å²) in [6.07, 6.45) is 2.69. The average Bonchev–Trinajstić information content (AvgIpc) is 3.14. The molecule has 3 aromatic carbocycles. The van der Waals surface area contributed by atoms with Crippen LogP contribution >= 0.6 is 11.8 Å². The van der Waals surface area contributed by atoms with Crippen LogP contribution < -0.4 is 9.47 Å². The highest BCUT2D eigenvalue weighted by Crippen LogP contribution is 2.36. The molecule has 35 heavy (non-hydrogen) atoms. The zero-order valence-electron chi connectivity index (χ0n) is 19.7. The van der Waals surface area contributed by atoms with E-state index in [2.05, 4.69) is 0 Å². The normalized spacial score (nSPS) is 15.7. The molecule has 0 saturated carbocycles. The molecule has 1 aliphatic heterocycles. The lowest BCUT2D eigenvalue weighted by Crippen LogP contribution is -2.29. The topological polar surface area (TPSA) is 51.1 Å². The van der Waals surface area contributed by atoms with Gasteiger partial charge in [0.25, 0.3) is 5.91 Å². The summed E-state index contributed by atoms with van der Waals surface area (Å²) in [4.78, 5) is 20.2. The van der Waals surface area contributed by atoms with Crippen LogP contribution in [0.3, 0.4) is 0 Å². The summed E-state index contributed by atoms with van der Waals surface area (Å²) in [5.41, 5.74) is 2.50. The summed E-state index contributed by atoms with van der Waals surface area (Å²) in [6.45, 7) is 5.31. The number of aliphatic imine (C=N–C) groups is 1. The maximum absolute atomic E-state index is 13.2. The molecule has 180 valence electrons. The molecule has 7 heteroatoms. The summed E-state index contributed by atoms with van der Waals surface area (Å²) in [5, 5.41) is 0.679. The van der Waals surface area contributed by atoms with Gasteiger partial charge < -0.3 is 9.47 Å². The number of rotatable bonds is 9. The second kappa shape index (κ2) is 11.7. The quantitative estimate of drug-likeness (QED) is 0.309. The lowest BCUT2D eigenvalue weighted by molar-refractivity contribution is -0.122. The Morgan fingerprint density at radius 2 is 1.74 bits per heavy atom. The molecule has 3 aromatic rings. The summed E-state index contributed by atoms with van der Waals surface area (Å²) in [5.74, 6) is 0.835. The maximum Gasteiger partial charge on any atom is 0.266 e. The van der Waals surface area contributed by atoms with E-state index in [1.165, 1.54) is 23.9 Å². The molecule has 0 aromatic heterocycles. The lowest BCUT2D eigenvalue weighted by atomic mass is 10.1. The van der Waals surface area contributed by atoms with E-state index >= 15 is 0 Å². The van der Waals surface area contributed by atoms with Crippen molar-refractivity contribution in [3.05, 3.63) is 94.6 Å². The van der Waals surface area contributed by atoms with Crippen LogP contribution in [-0.2, 0) is 11.4 Å². The first-order valence-electron chi connectivity index (χ1n) is 11.6. The molecular formula is C28H27FN2O3S. The molecule has 0 radical (unpaired) electrons. The van der Waals surface area contributed by atoms with Crippen LogP contribution in [0.15, 0.2) is 82.7 Å². The molecule has 0 N–H and O–H groups in total. The fraction of sp³-hybridized carbons (Fsp3) is 0.214. The van der Waals surface area contributed by atoms with Crippen LogP contribution in [0.2, 0.25) is 0 Å². The predicted octanol–water partition coefficient (Wildman–Crippen LogP) is 6.82. The monoisotopic (exact) mass is 490 g/mol. The van der Waals surface area contributed by atoms with E-state index in [9.17, 15) is 9.18 Å². The van der Waals surface area contributed by atoms with Gasteiger partial charge in [-0.3, -0.25) is 9.69 Å². The number of halogens is 1. The fourth-order valence-corrected chi connectivity index (χ4v) is 4.54. The minimum absolute atomic E-state index is 0.0545. The standard InChI is InChI=1S/C28H27FN2O3S/c1-3-16-31-27(32)26(35-28(31)30-23-8-6-5-7-9-23)18-21-12-15-24(25(17-21)33-4-2)34-19-20-10-13-22(29)14-11-20/h5-15,17-18H,3-4,16,19H2,1-2H3/b26-18+,30-28?. The van der Waals surface area contributed by atoms with Crippen molar-refractivity contribution in [3.8, 4) is 11.5 Å². The first-order chi connectivity index (χ1) is 17.1. The number of hydrogen-bond acceptors (Lipinski definition) is 5. The zero-order valence-corrected chi connectivity index (χ0v) is 20.6. The van der Waals surface area contributed by atoms with Crippen molar-refractivity contribution in [2.75, 3.05) is 13.2 Å². The second-order valence-electron chi connectivity index (χ2n) is 7.85. The highest BCUT2D eigenvalue weighted by atomic mass is 32.2. The number of ether oxygens (including phenoxy) is 2. The van der Waals surface area contributed by atoms with E-state index < -0.39 is 0 Å². The number of carbonyl (C=O) groups is 1. The third kappa shape index (κ3) is 6.31. The van der Waals surface area contributed by atoms with Crippen molar-refractivity contribution in [2.24, 2.45) is 4.99 Å². The molecule has 1 amide bonds. The van der Waals surface area contributed by atoms with Crippen molar-refractivity contribution < 1.29 is 18.7 Å². The van der Waals surface area contributed by atoms with Gasteiger partial charge in [-0.2, -0.15) is 0 Å². The minimum atomic E-state index is -0.282. The van der Waals surface area contributed by atoms with Crippen LogP contribution in [0.5, 0.6) is 11.5 Å². The second-order valence-corrected chi connectivity index (χ2v) is 8.86. The zero-order chi connectivity index (χ0) is 24.6. The van der Waals surface area contributed by atoms with Crippen molar-refractivity contribution in [1.29, 1.82) is 0 Å². The van der Waals surface area contributed by atoms with Crippen LogP contribution in [-0.4, -0.2) is 29.1 Å². The molecule has 5 nitrogen and oxygen atoms in total. The Morgan fingerprint density at radius 3 is 2.46 bits per heavy atom. The Kier molecular flexibility index (Phi) is 8.21. The summed E-state index contributed by atoms with van der Waals surface area (Å²) in [6, 6.07) is 21.4. The number of hydrogen-bond donors (Lipinski definition) is 0. The van der Waals surface area contributed by atoms with Gasteiger partial charge in [-0.05, 0) is 78.7 Å². The largest absolute Gasteiger partial charge is 0.490 e. The van der Waals surface area contributed by atoms with E-state index in [4.69, 9.17) is 14.5 Å². The van der Waals surface area contributed by atoms with Crippen LogP contribution in [0.4, 0.5) is 10.1 Å². The molecule has 4 rings (SSSR count). The number of carbonyl (C=O) groups excluding carboxylic acids is 1. The summed E-state index contributed by atoms with van der Waals surface area (Å²) in [7, 11) is 0. The molecule has 0 unspecified atom stereocenters. The fourth-order valence-electron chi connectivity index (χ4n) is 3.52. The van der Waals surface area contributed by atoms with Gasteiger partial charge in [-0.1, -0.05) is 43.3 Å². The number of nitrogens with zero attached hydrogens (tertiary/aromatic N) is 2. The van der Waals surface area contributed by atoms with Gasteiger partial charge in [-0.25, -0.2) is 9.38 Å². The van der Waals surface area contributed by atoms with Gasteiger partial charge in [0.15, 0.2) is 16.7 Å². The average molecular weight is 491 g/mol. The Bertz CT molecular complexity index is 1230. The molecule has 0 bridgehead atoms. The maximum atomic E-state index is 13.2. The van der Waals surface area contributed by atoms with Gasteiger partial charge >= 0.3 is 0 Å². The highest BCUT2D eigenvalue weighted by molar-refractivity contribution is 8.18. The number of para-hydroxylation sites is 1. The van der Waals surface area contributed by atoms with Crippen molar-refractivity contribution >= 4 is 34.6 Å². The van der Waals surface area contributed by atoms with Crippen LogP contribution in [0.1, 0.15) is 31.4 Å². The predicted molar refractivity (Wildman–Crippen MR) is 139 cm³/mol. The Labute approximate surface area is 209 Å². The number of amides is 1. The third-order valence-electron chi connectivity index (χ3n) is 5.19. The third-order valence-corrected chi connectivity index (χ3v) is 6.20. The molecule has 1 saturated heterocycles. The summed E-state index contributed by atoms with van der Waals surface area (Å²) < 4.78 is 24.9. The van der Waals surface area contributed by atoms with Crippen molar-refractivity contribution in [3.63, 3.8) is 0 Å². The highest BCUT2D eigenvalue weighted by Gasteiger charge is 2.32. The summed E-state index contributed by atoms with van der Waals surface area (Å²) >= 11 is 1.37. The molecule has 0 spiro atoms. The Hall–Kier alpha value is -3.58. The van der Waals surface area contributed by atoms with Crippen molar-refractivity contribution in [1.82, 2.24) is 4.90 Å². The first kappa shape index (κ1) is 24.5. The Balaban J connectivity index is 1.56. The van der Waals surface area contributed by atoms with Crippen molar-refractivity contribution in [2.45, 2.75) is 26.9 Å². The molecule has 0 atom stereocenters. The van der Waals surface area contributed by atoms with E-state index in [1.54, 1.807) is 17.0 Å². The SMILES string of the molecule is CCCN1C(=O)/C(=C\c2ccc(OCc3ccc(F)cc3)c(OCC)c2)SC1=Nc1ccccc1. The van der Waals surface area contributed by atoms with E-state index in [0.29, 0.717) is 41.3 Å². The van der Waals surface area contributed by atoms with E-state index in [0.717, 1.165) is 23.2 Å². The van der Waals surface area contributed by atoms with E-state index in [-0.39, 0.29) is 11.7 Å². The Morgan fingerprint density at radius 1 is 0.971 bits per heavy atom. The molecule has 1 aliphatic rings. The molecule has 1 heterocycles. The molecule has 0 aliphatic carbocycles. The van der Waals surface area contributed by atoms with Crippen LogP contribution in [0, 0.1) is 5.82 Å². The van der Waals surface area contributed by atoms with Gasteiger partial charge in [0, 0.05) is 6.54 Å². The number of benzene rings is 3.